The summed E-state index contributed by atoms with van der Waals surface area (Å²) in [6.45, 7) is 2.76. The van der Waals surface area contributed by atoms with E-state index in [1.54, 1.807) is 0 Å². The van der Waals surface area contributed by atoms with E-state index < -0.39 is 0 Å². The molecule has 0 radical (unpaired) electrons. The lowest BCUT2D eigenvalue weighted by Crippen LogP contribution is -2.29. The van der Waals surface area contributed by atoms with Gasteiger partial charge in [-0.1, -0.05) is 30.7 Å². The Balaban J connectivity index is 2.03. The van der Waals surface area contributed by atoms with Crippen LogP contribution in [0.25, 0.3) is 0 Å². The van der Waals surface area contributed by atoms with Crippen molar-refractivity contribution in [3.05, 3.63) is 34.9 Å². The van der Waals surface area contributed by atoms with Crippen molar-refractivity contribution in [1.29, 1.82) is 0 Å². The zero-order valence-corrected chi connectivity index (χ0v) is 12.6. The van der Waals surface area contributed by atoms with Crippen molar-refractivity contribution in [2.75, 3.05) is 13.2 Å². The SMILES string of the molecule is Cc1c(C#CCCO)cccc1C(=O)NCC1CCCC1. The highest BCUT2D eigenvalue weighted by Gasteiger charge is 2.17. The number of aliphatic hydroxyl groups is 1. The van der Waals surface area contributed by atoms with E-state index in [1.165, 1.54) is 25.7 Å². The first-order chi connectivity index (χ1) is 10.2. The fourth-order valence-corrected chi connectivity index (χ4v) is 2.78. The fraction of sp³-hybridized carbons (Fsp3) is 0.500. The molecule has 0 bridgehead atoms. The molecule has 1 aliphatic carbocycles. The number of nitrogens with one attached hydrogen (secondary N) is 1. The maximum Gasteiger partial charge on any atom is 0.251 e. The highest BCUT2D eigenvalue weighted by Crippen LogP contribution is 2.24. The summed E-state index contributed by atoms with van der Waals surface area (Å²) in [5, 5.41) is 11.8. The standard InChI is InChI=1S/C18H23NO2/c1-14-16(9-4-5-12-20)10-6-11-17(14)18(21)19-13-15-7-2-3-8-15/h6,10-11,15,20H,2-3,5,7-8,12-13H2,1H3,(H,19,21). The summed E-state index contributed by atoms with van der Waals surface area (Å²) in [6.07, 6.45) is 5.49. The molecule has 1 amide bonds. The Morgan fingerprint density at radius 2 is 2.14 bits per heavy atom. The van der Waals surface area contributed by atoms with Crippen LogP contribution in [-0.2, 0) is 0 Å². The maximum atomic E-state index is 12.3. The molecule has 0 heterocycles. The molecule has 1 saturated carbocycles. The Bertz CT molecular complexity index is 548. The molecule has 3 nitrogen and oxygen atoms in total. The average Bonchev–Trinajstić information content (AvgIpc) is 3.00. The largest absolute Gasteiger partial charge is 0.395 e. The number of amides is 1. The van der Waals surface area contributed by atoms with E-state index in [0.29, 0.717) is 17.9 Å². The topological polar surface area (TPSA) is 49.3 Å². The summed E-state index contributed by atoms with van der Waals surface area (Å²) in [5.41, 5.74) is 2.47. The third kappa shape index (κ3) is 4.34. The smallest absolute Gasteiger partial charge is 0.251 e. The molecule has 1 aromatic rings. The lowest BCUT2D eigenvalue weighted by Gasteiger charge is -2.12. The van der Waals surface area contributed by atoms with Gasteiger partial charge in [-0.05, 0) is 43.4 Å². The molecule has 0 aromatic heterocycles. The van der Waals surface area contributed by atoms with Gasteiger partial charge >= 0.3 is 0 Å². The summed E-state index contributed by atoms with van der Waals surface area (Å²) in [4.78, 5) is 12.3. The van der Waals surface area contributed by atoms with Crippen LogP contribution in [0.4, 0.5) is 0 Å². The van der Waals surface area contributed by atoms with Crippen molar-refractivity contribution < 1.29 is 9.90 Å². The number of benzene rings is 1. The van der Waals surface area contributed by atoms with Crippen molar-refractivity contribution in [3.63, 3.8) is 0 Å². The Labute approximate surface area is 126 Å². The highest BCUT2D eigenvalue weighted by atomic mass is 16.2. The minimum Gasteiger partial charge on any atom is -0.395 e. The van der Waals surface area contributed by atoms with Crippen molar-refractivity contribution in [3.8, 4) is 11.8 Å². The molecule has 2 N–H and O–H groups in total. The van der Waals surface area contributed by atoms with Gasteiger partial charge in [-0.2, -0.15) is 0 Å². The van der Waals surface area contributed by atoms with Crippen molar-refractivity contribution >= 4 is 5.91 Å². The van der Waals surface area contributed by atoms with E-state index in [2.05, 4.69) is 17.2 Å². The van der Waals surface area contributed by atoms with Crippen LogP contribution in [0.2, 0.25) is 0 Å². The van der Waals surface area contributed by atoms with Gasteiger partial charge in [0.05, 0.1) is 6.61 Å². The molecule has 0 spiro atoms. The first-order valence-corrected chi connectivity index (χ1v) is 7.70. The monoisotopic (exact) mass is 285 g/mol. The van der Waals surface area contributed by atoms with Gasteiger partial charge in [0.25, 0.3) is 5.91 Å². The van der Waals surface area contributed by atoms with Crippen LogP contribution < -0.4 is 5.32 Å². The second kappa shape index (κ2) is 7.85. The molecular formula is C18H23NO2. The third-order valence-electron chi connectivity index (χ3n) is 4.06. The molecule has 0 atom stereocenters. The summed E-state index contributed by atoms with van der Waals surface area (Å²) in [5.74, 6) is 6.55. The molecule has 1 fully saturated rings. The van der Waals surface area contributed by atoms with Gasteiger partial charge in [0.1, 0.15) is 0 Å². The Hall–Kier alpha value is -1.79. The van der Waals surface area contributed by atoms with Gasteiger partial charge in [0.2, 0.25) is 0 Å². The zero-order chi connectivity index (χ0) is 15.1. The Morgan fingerprint density at radius 3 is 2.86 bits per heavy atom. The third-order valence-corrected chi connectivity index (χ3v) is 4.06. The van der Waals surface area contributed by atoms with Crippen LogP contribution in [-0.4, -0.2) is 24.2 Å². The second-order valence-electron chi connectivity index (χ2n) is 5.61. The van der Waals surface area contributed by atoms with E-state index in [4.69, 9.17) is 5.11 Å². The summed E-state index contributed by atoms with van der Waals surface area (Å²) in [7, 11) is 0. The lowest BCUT2D eigenvalue weighted by atomic mass is 10.0. The quantitative estimate of drug-likeness (QED) is 0.836. The zero-order valence-electron chi connectivity index (χ0n) is 12.6. The van der Waals surface area contributed by atoms with Gasteiger partial charge < -0.3 is 10.4 Å². The van der Waals surface area contributed by atoms with Gasteiger partial charge in [0.15, 0.2) is 0 Å². The minimum atomic E-state index is -0.00907. The predicted octanol–water partition coefficient (Wildman–Crippen LogP) is 2.65. The second-order valence-corrected chi connectivity index (χ2v) is 5.61. The molecule has 1 aliphatic rings. The van der Waals surface area contributed by atoms with E-state index in [1.807, 2.05) is 25.1 Å². The number of carbonyl (C=O) groups is 1. The number of hydrogen-bond acceptors (Lipinski definition) is 2. The van der Waals surface area contributed by atoms with Crippen molar-refractivity contribution in [2.45, 2.75) is 39.0 Å². The van der Waals surface area contributed by atoms with E-state index in [-0.39, 0.29) is 12.5 Å². The fourth-order valence-electron chi connectivity index (χ4n) is 2.78. The molecule has 1 aromatic carbocycles. The average molecular weight is 285 g/mol. The maximum absolute atomic E-state index is 12.3. The van der Waals surface area contributed by atoms with Crippen LogP contribution >= 0.6 is 0 Å². The van der Waals surface area contributed by atoms with Crippen LogP contribution in [0.15, 0.2) is 18.2 Å². The Kier molecular flexibility index (Phi) is 5.83. The van der Waals surface area contributed by atoms with E-state index >= 15 is 0 Å². The van der Waals surface area contributed by atoms with Gasteiger partial charge in [-0.3, -0.25) is 4.79 Å². The lowest BCUT2D eigenvalue weighted by molar-refractivity contribution is 0.0946. The van der Waals surface area contributed by atoms with Crippen molar-refractivity contribution in [2.24, 2.45) is 5.92 Å². The van der Waals surface area contributed by atoms with Crippen LogP contribution in [0.1, 0.15) is 53.6 Å². The molecule has 3 heteroatoms. The predicted molar refractivity (Wildman–Crippen MR) is 84.1 cm³/mol. The molecule has 21 heavy (non-hydrogen) atoms. The molecule has 0 saturated heterocycles. The normalized spacial score (nSPS) is 14.6. The molecular weight excluding hydrogens is 262 g/mol. The number of rotatable bonds is 4. The number of carbonyl (C=O) groups excluding carboxylic acids is 1. The van der Waals surface area contributed by atoms with Crippen LogP contribution in [0.3, 0.4) is 0 Å². The van der Waals surface area contributed by atoms with Gasteiger partial charge in [0, 0.05) is 24.1 Å². The Morgan fingerprint density at radius 1 is 1.38 bits per heavy atom. The molecule has 2 rings (SSSR count). The minimum absolute atomic E-state index is 0.00907. The first-order valence-electron chi connectivity index (χ1n) is 7.70. The summed E-state index contributed by atoms with van der Waals surface area (Å²) < 4.78 is 0. The van der Waals surface area contributed by atoms with E-state index in [0.717, 1.165) is 17.7 Å². The number of aliphatic hydroxyl groups excluding tert-OH is 1. The van der Waals surface area contributed by atoms with Gasteiger partial charge in [-0.15, -0.1) is 0 Å². The van der Waals surface area contributed by atoms with Crippen LogP contribution in [0, 0.1) is 24.7 Å². The molecule has 112 valence electrons. The molecule has 0 aliphatic heterocycles. The van der Waals surface area contributed by atoms with Gasteiger partial charge in [-0.25, -0.2) is 0 Å². The van der Waals surface area contributed by atoms with Crippen molar-refractivity contribution in [1.82, 2.24) is 5.32 Å². The van der Waals surface area contributed by atoms with E-state index in [9.17, 15) is 4.79 Å². The summed E-state index contributed by atoms with van der Waals surface area (Å²) >= 11 is 0. The number of hydrogen-bond donors (Lipinski definition) is 2. The highest BCUT2D eigenvalue weighted by molar-refractivity contribution is 5.96. The van der Waals surface area contributed by atoms with Crippen LogP contribution in [0.5, 0.6) is 0 Å². The summed E-state index contributed by atoms with van der Waals surface area (Å²) in [6, 6.07) is 5.62. The first kappa shape index (κ1) is 15.6. The molecule has 0 unspecified atom stereocenters.